The molecule has 0 unspecified atom stereocenters. The first-order valence-electron chi connectivity index (χ1n) is 9.79. The smallest absolute Gasteiger partial charge is 0.416 e. The standard InChI is InChI=1S/C22H16ClF4N3O5S/c1-11-4-20(36(28,33)34)29-9-17(11)30-19(31)10-35-18-3-2-14(23)8-16(18)21(32)12-5-13(22(25,26)27)7-15(24)6-12/h2-9H,10H2,1H3,(H,30,31)(H2,28,33,34). The second-order valence-electron chi connectivity index (χ2n) is 7.42. The van der Waals surface area contributed by atoms with E-state index >= 15 is 0 Å². The maximum atomic E-state index is 13.8. The normalized spacial score (nSPS) is 11.8. The summed E-state index contributed by atoms with van der Waals surface area (Å²) < 4.78 is 81.0. The molecule has 1 aromatic heterocycles. The third-order valence-corrected chi connectivity index (χ3v) is 5.72. The molecule has 0 aliphatic heterocycles. The number of nitrogens with two attached hydrogens (primary N) is 1. The third kappa shape index (κ3) is 6.56. The fourth-order valence-corrected chi connectivity index (χ4v) is 3.70. The summed E-state index contributed by atoms with van der Waals surface area (Å²) in [5.74, 6) is -3.22. The van der Waals surface area contributed by atoms with Crippen LogP contribution in [0.15, 0.2) is 53.7 Å². The average Bonchev–Trinajstić information content (AvgIpc) is 2.77. The first-order chi connectivity index (χ1) is 16.6. The number of benzene rings is 2. The van der Waals surface area contributed by atoms with E-state index in [4.69, 9.17) is 21.5 Å². The van der Waals surface area contributed by atoms with Crippen LogP contribution >= 0.6 is 11.6 Å². The van der Waals surface area contributed by atoms with Crippen LogP contribution in [0, 0.1) is 12.7 Å². The summed E-state index contributed by atoms with van der Waals surface area (Å²) in [6.45, 7) is 0.840. The molecule has 36 heavy (non-hydrogen) atoms. The Bertz CT molecular complexity index is 1460. The summed E-state index contributed by atoms with van der Waals surface area (Å²) >= 11 is 5.92. The van der Waals surface area contributed by atoms with Crippen molar-refractivity contribution in [3.8, 4) is 5.75 Å². The molecule has 3 N–H and O–H groups in total. The SMILES string of the molecule is Cc1cc(S(N)(=O)=O)ncc1NC(=O)COc1ccc(Cl)cc1C(=O)c1cc(F)cc(C(F)(F)F)c1. The molecule has 0 fully saturated rings. The van der Waals surface area contributed by atoms with Crippen molar-refractivity contribution in [2.24, 2.45) is 5.14 Å². The zero-order chi connectivity index (χ0) is 26.8. The topological polar surface area (TPSA) is 128 Å². The predicted octanol–water partition coefficient (Wildman–Crippen LogP) is 4.10. The Kier molecular flexibility index (Phi) is 7.67. The van der Waals surface area contributed by atoms with Crippen LogP contribution in [0.2, 0.25) is 5.02 Å². The number of ketones is 1. The van der Waals surface area contributed by atoms with E-state index < -0.39 is 56.5 Å². The van der Waals surface area contributed by atoms with E-state index in [2.05, 4.69) is 10.3 Å². The van der Waals surface area contributed by atoms with Crippen LogP contribution in [0.4, 0.5) is 23.2 Å². The van der Waals surface area contributed by atoms with Gasteiger partial charge in [0, 0.05) is 10.6 Å². The molecule has 0 radical (unpaired) electrons. The molecule has 0 aliphatic carbocycles. The van der Waals surface area contributed by atoms with Crippen LogP contribution < -0.4 is 15.2 Å². The van der Waals surface area contributed by atoms with E-state index in [-0.39, 0.29) is 28.1 Å². The first-order valence-corrected chi connectivity index (χ1v) is 11.7. The van der Waals surface area contributed by atoms with Gasteiger partial charge in [-0.2, -0.15) is 13.2 Å². The first kappa shape index (κ1) is 27.0. The number of aromatic nitrogens is 1. The van der Waals surface area contributed by atoms with Gasteiger partial charge in [0.2, 0.25) is 0 Å². The zero-order valence-electron chi connectivity index (χ0n) is 18.2. The summed E-state index contributed by atoms with van der Waals surface area (Å²) in [4.78, 5) is 28.9. The summed E-state index contributed by atoms with van der Waals surface area (Å²) in [6.07, 6.45) is -3.81. The highest BCUT2D eigenvalue weighted by Crippen LogP contribution is 2.32. The van der Waals surface area contributed by atoms with Gasteiger partial charge in [-0.1, -0.05) is 11.6 Å². The second kappa shape index (κ2) is 10.2. The van der Waals surface area contributed by atoms with Crippen molar-refractivity contribution >= 4 is 39.0 Å². The lowest BCUT2D eigenvalue weighted by molar-refractivity contribution is -0.137. The van der Waals surface area contributed by atoms with Crippen LogP contribution in [-0.4, -0.2) is 31.7 Å². The number of hydrogen-bond donors (Lipinski definition) is 2. The van der Waals surface area contributed by atoms with Gasteiger partial charge in [-0.05, 0) is 55.0 Å². The molecule has 3 rings (SSSR count). The molecule has 0 atom stereocenters. The zero-order valence-corrected chi connectivity index (χ0v) is 19.8. The second-order valence-corrected chi connectivity index (χ2v) is 9.36. The number of sulfonamides is 1. The number of ether oxygens (including phenoxy) is 1. The van der Waals surface area contributed by atoms with Crippen LogP contribution in [0.3, 0.4) is 0 Å². The van der Waals surface area contributed by atoms with Crippen LogP contribution in [0.5, 0.6) is 5.75 Å². The Hall–Kier alpha value is -3.55. The molecular formula is C22H16ClF4N3O5S. The maximum Gasteiger partial charge on any atom is 0.416 e. The number of alkyl halides is 3. The van der Waals surface area contributed by atoms with E-state index in [1.807, 2.05) is 0 Å². The number of primary sulfonamides is 1. The molecule has 0 bridgehead atoms. The highest BCUT2D eigenvalue weighted by atomic mass is 35.5. The number of nitrogens with one attached hydrogen (secondary N) is 1. The van der Waals surface area contributed by atoms with Crippen molar-refractivity contribution < 1.29 is 40.3 Å². The fraction of sp³-hybridized carbons (Fsp3) is 0.136. The fourth-order valence-electron chi connectivity index (χ4n) is 2.99. The molecule has 0 saturated carbocycles. The largest absolute Gasteiger partial charge is 0.483 e. The van der Waals surface area contributed by atoms with Gasteiger partial charge < -0.3 is 10.1 Å². The molecule has 1 amide bonds. The van der Waals surface area contributed by atoms with Gasteiger partial charge in [0.05, 0.1) is 23.0 Å². The highest BCUT2D eigenvalue weighted by Gasteiger charge is 2.32. The Morgan fingerprint density at radius 2 is 1.83 bits per heavy atom. The van der Waals surface area contributed by atoms with E-state index in [0.29, 0.717) is 17.7 Å². The van der Waals surface area contributed by atoms with Crippen molar-refractivity contribution in [1.82, 2.24) is 4.98 Å². The van der Waals surface area contributed by atoms with Gasteiger partial charge in [-0.3, -0.25) is 9.59 Å². The lowest BCUT2D eigenvalue weighted by Crippen LogP contribution is -2.22. The van der Waals surface area contributed by atoms with Gasteiger partial charge in [-0.25, -0.2) is 22.9 Å². The van der Waals surface area contributed by atoms with E-state index in [9.17, 15) is 35.6 Å². The minimum Gasteiger partial charge on any atom is -0.483 e. The Labute approximate surface area is 207 Å². The summed E-state index contributed by atoms with van der Waals surface area (Å²) in [7, 11) is -4.05. The van der Waals surface area contributed by atoms with Crippen molar-refractivity contribution in [1.29, 1.82) is 0 Å². The molecule has 0 spiro atoms. The van der Waals surface area contributed by atoms with Gasteiger partial charge in [0.1, 0.15) is 11.6 Å². The summed E-state index contributed by atoms with van der Waals surface area (Å²) in [5, 5.41) is 7.08. The number of anilines is 1. The van der Waals surface area contributed by atoms with Gasteiger partial charge in [0.25, 0.3) is 15.9 Å². The Morgan fingerprint density at radius 3 is 2.44 bits per heavy atom. The molecule has 1 heterocycles. The molecule has 2 aromatic carbocycles. The lowest BCUT2D eigenvalue weighted by atomic mass is 10.00. The number of halogens is 5. The molecule has 8 nitrogen and oxygen atoms in total. The van der Waals surface area contributed by atoms with Gasteiger partial charge in [-0.15, -0.1) is 0 Å². The summed E-state index contributed by atoms with van der Waals surface area (Å²) in [5.41, 5.74) is -1.77. The molecule has 0 saturated heterocycles. The van der Waals surface area contributed by atoms with Gasteiger partial charge in [0.15, 0.2) is 17.4 Å². The number of aryl methyl sites for hydroxylation is 1. The number of carbonyl (C=O) groups excluding carboxylic acids is 2. The van der Waals surface area contributed by atoms with E-state index in [1.54, 1.807) is 0 Å². The number of carbonyl (C=O) groups is 2. The van der Waals surface area contributed by atoms with Crippen molar-refractivity contribution in [3.63, 3.8) is 0 Å². The van der Waals surface area contributed by atoms with Gasteiger partial charge >= 0.3 is 6.18 Å². The minimum atomic E-state index is -4.89. The molecular weight excluding hydrogens is 530 g/mol. The van der Waals surface area contributed by atoms with Crippen LogP contribution in [0.1, 0.15) is 27.0 Å². The number of hydrogen-bond acceptors (Lipinski definition) is 6. The van der Waals surface area contributed by atoms with Crippen molar-refractivity contribution in [2.75, 3.05) is 11.9 Å². The average molecular weight is 546 g/mol. The Morgan fingerprint density at radius 1 is 1.14 bits per heavy atom. The third-order valence-electron chi connectivity index (χ3n) is 4.68. The highest BCUT2D eigenvalue weighted by molar-refractivity contribution is 7.89. The van der Waals surface area contributed by atoms with E-state index in [1.165, 1.54) is 19.1 Å². The summed E-state index contributed by atoms with van der Waals surface area (Å²) in [6, 6.07) is 6.17. The number of nitrogens with zero attached hydrogens (tertiary/aromatic N) is 1. The quantitative estimate of drug-likeness (QED) is 0.340. The van der Waals surface area contributed by atoms with E-state index in [0.717, 1.165) is 18.3 Å². The minimum absolute atomic E-state index is 0.0410. The predicted molar refractivity (Wildman–Crippen MR) is 121 cm³/mol. The Balaban J connectivity index is 1.81. The number of amides is 1. The number of rotatable bonds is 7. The van der Waals surface area contributed by atoms with Crippen molar-refractivity contribution in [2.45, 2.75) is 18.1 Å². The molecule has 190 valence electrons. The maximum absolute atomic E-state index is 13.8. The van der Waals surface area contributed by atoms with Crippen LogP contribution in [0.25, 0.3) is 0 Å². The monoisotopic (exact) mass is 545 g/mol. The lowest BCUT2D eigenvalue weighted by Gasteiger charge is -2.13. The molecule has 0 aliphatic rings. The molecule has 3 aromatic rings. The molecule has 14 heteroatoms. The van der Waals surface area contributed by atoms with Crippen LogP contribution in [-0.2, 0) is 21.0 Å². The van der Waals surface area contributed by atoms with Crippen molar-refractivity contribution in [3.05, 3.63) is 81.8 Å². The number of pyridine rings is 1.